The lowest BCUT2D eigenvalue weighted by Gasteiger charge is -2.11. The van der Waals surface area contributed by atoms with E-state index in [1.807, 2.05) is 37.3 Å². The summed E-state index contributed by atoms with van der Waals surface area (Å²) in [5.74, 6) is 0.169. The molecular weight excluding hydrogens is 344 g/mol. The van der Waals surface area contributed by atoms with E-state index in [1.165, 1.54) is 9.13 Å². The number of aryl methyl sites for hydroxylation is 1. The molecule has 0 saturated heterocycles. The number of aromatic nitrogens is 4. The molecule has 0 aliphatic rings. The molecule has 2 heterocycles. The van der Waals surface area contributed by atoms with Gasteiger partial charge in [0.1, 0.15) is 12.1 Å². The van der Waals surface area contributed by atoms with Crippen molar-refractivity contribution < 1.29 is 4.79 Å². The van der Waals surface area contributed by atoms with Crippen LogP contribution in [0.15, 0.2) is 46.2 Å². The molecule has 0 amide bonds. The molecule has 1 atom stereocenters. The van der Waals surface area contributed by atoms with Crippen molar-refractivity contribution >= 4 is 16.9 Å². The predicted molar refractivity (Wildman–Crippen MR) is 104 cm³/mol. The van der Waals surface area contributed by atoms with E-state index in [2.05, 4.69) is 4.98 Å². The molecule has 27 heavy (non-hydrogen) atoms. The predicted octanol–water partition coefficient (Wildman–Crippen LogP) is 2.28. The molecule has 3 rings (SSSR count). The van der Waals surface area contributed by atoms with Crippen molar-refractivity contribution in [1.29, 1.82) is 0 Å². The van der Waals surface area contributed by atoms with Gasteiger partial charge >= 0.3 is 5.69 Å². The Kier molecular flexibility index (Phi) is 5.39. The summed E-state index contributed by atoms with van der Waals surface area (Å²) in [6, 6.07) is 9.45. The van der Waals surface area contributed by atoms with Crippen LogP contribution in [0.25, 0.3) is 16.9 Å². The van der Waals surface area contributed by atoms with E-state index in [4.69, 9.17) is 0 Å². The second kappa shape index (κ2) is 7.73. The van der Waals surface area contributed by atoms with Crippen LogP contribution < -0.4 is 11.2 Å². The van der Waals surface area contributed by atoms with Gasteiger partial charge in [0.25, 0.3) is 5.56 Å². The summed E-state index contributed by atoms with van der Waals surface area (Å²) < 4.78 is 4.39. The lowest BCUT2D eigenvalue weighted by atomic mass is 10.0. The van der Waals surface area contributed by atoms with Gasteiger partial charge in [-0.05, 0) is 31.9 Å². The minimum Gasteiger partial charge on any atom is -0.300 e. The fraction of sp³-hybridized carbons (Fsp3) is 0.400. The van der Waals surface area contributed by atoms with E-state index >= 15 is 0 Å². The molecule has 0 bridgehead atoms. The first-order valence-electron chi connectivity index (χ1n) is 9.14. The summed E-state index contributed by atoms with van der Waals surface area (Å²) in [6.07, 6.45) is 3.78. The number of rotatable bonds is 7. The van der Waals surface area contributed by atoms with Crippen LogP contribution in [0, 0.1) is 5.92 Å². The fourth-order valence-corrected chi connectivity index (χ4v) is 3.17. The number of unbranched alkanes of at least 4 members (excludes halogenated alkanes) is 1. The highest BCUT2D eigenvalue weighted by Gasteiger charge is 2.17. The lowest BCUT2D eigenvalue weighted by molar-refractivity contribution is -0.120. The molecular formula is C20H24N4O3. The number of nitrogens with zero attached hydrogens (tertiary/aromatic N) is 4. The highest BCUT2D eigenvalue weighted by Crippen LogP contribution is 2.14. The van der Waals surface area contributed by atoms with E-state index in [0.717, 1.165) is 18.5 Å². The maximum absolute atomic E-state index is 13.0. The number of imidazole rings is 1. The van der Waals surface area contributed by atoms with Crippen LogP contribution in [0.1, 0.15) is 33.1 Å². The van der Waals surface area contributed by atoms with Gasteiger partial charge in [-0.1, -0.05) is 31.5 Å². The Morgan fingerprint density at radius 1 is 1.15 bits per heavy atom. The SMILES string of the molecule is CC(=O)[C@H](C)CCCCn1c(=O)c2c(ncn2-c2ccccc2)n(C)c1=O. The third-order valence-corrected chi connectivity index (χ3v) is 5.03. The number of carbonyl (C=O) groups excluding carboxylic acids is 1. The van der Waals surface area contributed by atoms with Gasteiger partial charge in [-0.2, -0.15) is 0 Å². The lowest BCUT2D eigenvalue weighted by Crippen LogP contribution is -2.39. The maximum Gasteiger partial charge on any atom is 0.332 e. The Hall–Kier alpha value is -2.96. The number of hydrogen-bond donors (Lipinski definition) is 0. The Morgan fingerprint density at radius 2 is 1.85 bits per heavy atom. The molecule has 0 fully saturated rings. The molecule has 1 aromatic carbocycles. The number of benzene rings is 1. The van der Waals surface area contributed by atoms with Gasteiger partial charge in [0, 0.05) is 25.2 Å². The summed E-state index contributed by atoms with van der Waals surface area (Å²) in [4.78, 5) is 41.2. The van der Waals surface area contributed by atoms with E-state index in [-0.39, 0.29) is 23.0 Å². The summed E-state index contributed by atoms with van der Waals surface area (Å²) in [6.45, 7) is 3.81. The van der Waals surface area contributed by atoms with Gasteiger partial charge in [-0.15, -0.1) is 0 Å². The molecule has 142 valence electrons. The molecule has 0 N–H and O–H groups in total. The van der Waals surface area contributed by atoms with E-state index in [1.54, 1.807) is 24.9 Å². The van der Waals surface area contributed by atoms with Gasteiger partial charge in [0.05, 0.1) is 0 Å². The van der Waals surface area contributed by atoms with Crippen LogP contribution in [-0.4, -0.2) is 24.5 Å². The Labute approximate surface area is 156 Å². The number of Topliss-reactive ketones (excluding diaryl/α,β-unsaturated/α-hetero) is 1. The van der Waals surface area contributed by atoms with Gasteiger partial charge in [-0.25, -0.2) is 9.78 Å². The Morgan fingerprint density at radius 3 is 2.52 bits per heavy atom. The highest BCUT2D eigenvalue weighted by molar-refractivity contribution is 5.77. The number of ketones is 1. The minimum atomic E-state index is -0.370. The molecule has 0 aliphatic carbocycles. The molecule has 0 spiro atoms. The van der Waals surface area contributed by atoms with Gasteiger partial charge in [0.2, 0.25) is 0 Å². The van der Waals surface area contributed by atoms with E-state index in [0.29, 0.717) is 24.1 Å². The number of fused-ring (bicyclic) bond motifs is 1. The molecule has 7 heteroatoms. The number of carbonyl (C=O) groups is 1. The Balaban J connectivity index is 1.95. The summed E-state index contributed by atoms with van der Waals surface area (Å²) in [5.41, 5.74) is 0.868. The second-order valence-electron chi connectivity index (χ2n) is 6.93. The summed E-state index contributed by atoms with van der Waals surface area (Å²) >= 11 is 0. The molecule has 7 nitrogen and oxygen atoms in total. The standard InChI is InChI=1S/C20H24N4O3/c1-14(15(2)25)9-7-8-12-23-19(26)17-18(22(3)20(23)27)21-13-24(17)16-10-5-4-6-11-16/h4-6,10-11,13-14H,7-9,12H2,1-3H3/t14-/m1/s1. The first kappa shape index (κ1) is 18.8. The van der Waals surface area contributed by atoms with Crippen LogP contribution in [0.5, 0.6) is 0 Å². The van der Waals surface area contributed by atoms with Crippen LogP contribution in [0.2, 0.25) is 0 Å². The molecule has 2 aromatic heterocycles. The normalized spacial score (nSPS) is 12.4. The van der Waals surface area contributed by atoms with Crippen LogP contribution >= 0.6 is 0 Å². The van der Waals surface area contributed by atoms with Crippen LogP contribution in [0.3, 0.4) is 0 Å². The van der Waals surface area contributed by atoms with Gasteiger partial charge < -0.3 is 0 Å². The molecule has 0 unspecified atom stereocenters. The number of hydrogen-bond acceptors (Lipinski definition) is 4. The van der Waals surface area contributed by atoms with Crippen molar-refractivity contribution in [3.05, 3.63) is 57.5 Å². The van der Waals surface area contributed by atoms with Gasteiger partial charge in [0.15, 0.2) is 11.2 Å². The number of para-hydroxylation sites is 1. The monoisotopic (exact) mass is 368 g/mol. The topological polar surface area (TPSA) is 78.9 Å². The third-order valence-electron chi connectivity index (χ3n) is 5.03. The average molecular weight is 368 g/mol. The quantitative estimate of drug-likeness (QED) is 0.599. The second-order valence-corrected chi connectivity index (χ2v) is 6.93. The average Bonchev–Trinajstić information content (AvgIpc) is 3.11. The largest absolute Gasteiger partial charge is 0.332 e. The zero-order valence-electron chi connectivity index (χ0n) is 15.9. The van der Waals surface area contributed by atoms with Crippen molar-refractivity contribution in [2.24, 2.45) is 13.0 Å². The van der Waals surface area contributed by atoms with E-state index in [9.17, 15) is 14.4 Å². The molecule has 0 saturated carbocycles. The Bertz CT molecular complexity index is 1080. The van der Waals surface area contributed by atoms with Crippen molar-refractivity contribution in [2.75, 3.05) is 0 Å². The van der Waals surface area contributed by atoms with Crippen molar-refractivity contribution in [3.63, 3.8) is 0 Å². The van der Waals surface area contributed by atoms with Crippen molar-refractivity contribution in [1.82, 2.24) is 18.7 Å². The molecule has 3 aromatic rings. The third kappa shape index (κ3) is 3.63. The van der Waals surface area contributed by atoms with E-state index < -0.39 is 0 Å². The first-order valence-corrected chi connectivity index (χ1v) is 9.14. The van der Waals surface area contributed by atoms with Crippen LogP contribution in [-0.2, 0) is 18.4 Å². The maximum atomic E-state index is 13.0. The summed E-state index contributed by atoms with van der Waals surface area (Å²) in [5, 5.41) is 0. The smallest absolute Gasteiger partial charge is 0.300 e. The van der Waals surface area contributed by atoms with Crippen LogP contribution in [0.4, 0.5) is 0 Å². The summed E-state index contributed by atoms with van der Waals surface area (Å²) in [7, 11) is 1.63. The highest BCUT2D eigenvalue weighted by atomic mass is 16.2. The minimum absolute atomic E-state index is 0.00606. The van der Waals surface area contributed by atoms with Crippen molar-refractivity contribution in [2.45, 2.75) is 39.7 Å². The molecule has 0 aliphatic heterocycles. The first-order chi connectivity index (χ1) is 12.9. The zero-order chi connectivity index (χ0) is 19.6. The molecule has 0 radical (unpaired) electrons. The fourth-order valence-electron chi connectivity index (χ4n) is 3.17. The zero-order valence-corrected chi connectivity index (χ0v) is 15.9. The van der Waals surface area contributed by atoms with Crippen molar-refractivity contribution in [3.8, 4) is 5.69 Å². The van der Waals surface area contributed by atoms with Gasteiger partial charge in [-0.3, -0.25) is 23.3 Å².